The van der Waals surface area contributed by atoms with Gasteiger partial charge in [-0.2, -0.15) is 13.2 Å². The van der Waals surface area contributed by atoms with Crippen LogP contribution < -0.4 is 5.32 Å². The number of alkyl halides is 3. The van der Waals surface area contributed by atoms with Gasteiger partial charge in [0.2, 0.25) is 0 Å². The fourth-order valence-electron chi connectivity index (χ4n) is 3.20. The first kappa shape index (κ1) is 18.5. The third-order valence-electron chi connectivity index (χ3n) is 4.56. The molecule has 3 rings (SSSR count). The molecule has 3 nitrogen and oxygen atoms in total. The van der Waals surface area contributed by atoms with Crippen molar-refractivity contribution in [2.45, 2.75) is 25.6 Å². The van der Waals surface area contributed by atoms with E-state index in [9.17, 15) is 18.0 Å². The van der Waals surface area contributed by atoms with Crippen molar-refractivity contribution in [3.8, 4) is 0 Å². The Morgan fingerprint density at radius 3 is 2.38 bits per heavy atom. The zero-order chi connectivity index (χ0) is 18.6. The Balaban J connectivity index is 1.63. The fourth-order valence-corrected chi connectivity index (χ4v) is 3.20. The summed E-state index contributed by atoms with van der Waals surface area (Å²) < 4.78 is 37.8. The number of nitrogens with zero attached hydrogens (tertiary/aromatic N) is 1. The molecule has 1 aliphatic rings. The molecule has 0 aliphatic carbocycles. The molecule has 26 heavy (non-hydrogen) atoms. The molecule has 0 radical (unpaired) electrons. The highest BCUT2D eigenvalue weighted by atomic mass is 19.4. The van der Waals surface area contributed by atoms with E-state index in [0.717, 1.165) is 16.7 Å². The van der Waals surface area contributed by atoms with E-state index in [0.29, 0.717) is 38.0 Å². The van der Waals surface area contributed by atoms with Gasteiger partial charge in [-0.15, -0.1) is 0 Å². The summed E-state index contributed by atoms with van der Waals surface area (Å²) in [6.45, 7) is 0.287. The number of nitrogens with one attached hydrogen (secondary N) is 1. The third-order valence-corrected chi connectivity index (χ3v) is 4.56. The molecule has 0 bridgehead atoms. The minimum Gasteiger partial charge on any atom is -0.348 e. The molecule has 0 fully saturated rings. The lowest BCUT2D eigenvalue weighted by Gasteiger charge is -2.20. The lowest BCUT2D eigenvalue weighted by atomic mass is 10.00. The van der Waals surface area contributed by atoms with E-state index in [4.69, 9.17) is 0 Å². The first-order valence-electron chi connectivity index (χ1n) is 8.64. The Morgan fingerprint density at radius 2 is 1.69 bits per heavy atom. The fraction of sp³-hybridized carbons (Fsp3) is 0.350. The van der Waals surface area contributed by atoms with Crippen LogP contribution in [0.15, 0.2) is 48.5 Å². The number of carbonyl (C=O) groups is 1. The minimum atomic E-state index is -4.18. The summed E-state index contributed by atoms with van der Waals surface area (Å²) >= 11 is 0. The van der Waals surface area contributed by atoms with Crippen molar-refractivity contribution in [3.63, 3.8) is 0 Å². The van der Waals surface area contributed by atoms with Crippen LogP contribution in [0.2, 0.25) is 0 Å². The minimum absolute atomic E-state index is 0.173. The van der Waals surface area contributed by atoms with Crippen molar-refractivity contribution < 1.29 is 18.0 Å². The normalized spacial score (nSPS) is 15.2. The molecule has 2 aromatic rings. The van der Waals surface area contributed by atoms with E-state index in [1.165, 1.54) is 4.90 Å². The van der Waals surface area contributed by atoms with Gasteiger partial charge in [-0.25, -0.2) is 0 Å². The van der Waals surface area contributed by atoms with Gasteiger partial charge in [-0.1, -0.05) is 36.4 Å². The average molecular weight is 362 g/mol. The Kier molecular flexibility index (Phi) is 5.61. The second kappa shape index (κ2) is 7.91. The van der Waals surface area contributed by atoms with Gasteiger partial charge in [0.25, 0.3) is 5.91 Å². The van der Waals surface area contributed by atoms with E-state index < -0.39 is 12.7 Å². The molecule has 2 aromatic carbocycles. The van der Waals surface area contributed by atoms with Gasteiger partial charge in [0, 0.05) is 25.2 Å². The van der Waals surface area contributed by atoms with E-state index >= 15 is 0 Å². The van der Waals surface area contributed by atoms with Crippen molar-refractivity contribution in [2.75, 3.05) is 19.6 Å². The van der Waals surface area contributed by atoms with Gasteiger partial charge in [-0.05, 0) is 41.7 Å². The molecule has 0 saturated carbocycles. The Bertz CT molecular complexity index is 759. The summed E-state index contributed by atoms with van der Waals surface area (Å²) in [7, 11) is 0. The molecular weight excluding hydrogens is 341 g/mol. The predicted molar refractivity (Wildman–Crippen MR) is 94.0 cm³/mol. The van der Waals surface area contributed by atoms with E-state index in [1.54, 1.807) is 6.07 Å². The number of carbonyl (C=O) groups excluding carboxylic acids is 1. The van der Waals surface area contributed by atoms with Crippen molar-refractivity contribution in [1.82, 2.24) is 10.2 Å². The Hall–Kier alpha value is -2.34. The molecule has 1 amide bonds. The van der Waals surface area contributed by atoms with Gasteiger partial charge >= 0.3 is 6.18 Å². The topological polar surface area (TPSA) is 32.3 Å². The summed E-state index contributed by atoms with van der Waals surface area (Å²) in [5.74, 6) is -0.173. The maximum absolute atomic E-state index is 12.6. The van der Waals surface area contributed by atoms with Crippen molar-refractivity contribution >= 4 is 5.91 Å². The molecule has 0 saturated heterocycles. The maximum Gasteiger partial charge on any atom is 0.401 e. The second-order valence-corrected chi connectivity index (χ2v) is 6.54. The smallest absolute Gasteiger partial charge is 0.348 e. The Labute approximate surface area is 150 Å². The number of benzene rings is 2. The van der Waals surface area contributed by atoms with Crippen LogP contribution in [0.3, 0.4) is 0 Å². The van der Waals surface area contributed by atoms with Crippen molar-refractivity contribution in [3.05, 3.63) is 70.8 Å². The standard InChI is InChI=1S/C20H21F3N2O/c21-20(22,23)14-25-10-8-16-6-7-18(12-17(16)9-11-25)19(26)24-13-15-4-2-1-3-5-15/h1-7,12H,8-11,13-14H2,(H,24,26). The first-order valence-corrected chi connectivity index (χ1v) is 8.64. The average Bonchev–Trinajstić information content (AvgIpc) is 2.81. The van der Waals surface area contributed by atoms with Gasteiger partial charge in [0.1, 0.15) is 0 Å². The van der Waals surface area contributed by atoms with E-state index in [2.05, 4.69) is 5.32 Å². The first-order chi connectivity index (χ1) is 12.4. The predicted octanol–water partition coefficient (Wildman–Crippen LogP) is 3.58. The highest BCUT2D eigenvalue weighted by Crippen LogP contribution is 2.22. The Morgan fingerprint density at radius 1 is 1.00 bits per heavy atom. The van der Waals surface area contributed by atoms with Gasteiger partial charge in [0.15, 0.2) is 0 Å². The van der Waals surface area contributed by atoms with Crippen LogP contribution in [0.4, 0.5) is 13.2 Å². The number of rotatable bonds is 4. The highest BCUT2D eigenvalue weighted by Gasteiger charge is 2.31. The number of fused-ring (bicyclic) bond motifs is 1. The second-order valence-electron chi connectivity index (χ2n) is 6.54. The van der Waals surface area contributed by atoms with Crippen molar-refractivity contribution in [2.24, 2.45) is 0 Å². The lowest BCUT2D eigenvalue weighted by Crippen LogP contribution is -2.35. The monoisotopic (exact) mass is 362 g/mol. The molecule has 138 valence electrons. The van der Waals surface area contributed by atoms with Gasteiger partial charge < -0.3 is 5.32 Å². The van der Waals surface area contributed by atoms with Crippen LogP contribution in [-0.4, -0.2) is 36.6 Å². The number of amides is 1. The molecule has 1 heterocycles. The molecule has 6 heteroatoms. The van der Waals surface area contributed by atoms with Crippen molar-refractivity contribution in [1.29, 1.82) is 0 Å². The number of hydrogen-bond donors (Lipinski definition) is 1. The quantitative estimate of drug-likeness (QED) is 0.902. The van der Waals surface area contributed by atoms with Crippen LogP contribution in [0, 0.1) is 0 Å². The van der Waals surface area contributed by atoms with Crippen LogP contribution in [0.25, 0.3) is 0 Å². The summed E-state index contributed by atoms with van der Waals surface area (Å²) in [5.41, 5.74) is 3.54. The van der Waals surface area contributed by atoms with Crippen LogP contribution >= 0.6 is 0 Å². The van der Waals surface area contributed by atoms with Crippen LogP contribution in [0.5, 0.6) is 0 Å². The molecule has 1 aliphatic heterocycles. The molecule has 0 spiro atoms. The largest absolute Gasteiger partial charge is 0.401 e. The highest BCUT2D eigenvalue weighted by molar-refractivity contribution is 5.94. The lowest BCUT2D eigenvalue weighted by molar-refractivity contribution is -0.145. The molecule has 0 aromatic heterocycles. The molecular formula is C20H21F3N2O. The van der Waals surface area contributed by atoms with Crippen LogP contribution in [-0.2, 0) is 19.4 Å². The zero-order valence-corrected chi connectivity index (χ0v) is 14.4. The third kappa shape index (κ3) is 5.08. The number of hydrogen-bond acceptors (Lipinski definition) is 2. The van der Waals surface area contributed by atoms with E-state index in [-0.39, 0.29) is 5.91 Å². The molecule has 0 unspecified atom stereocenters. The number of halogens is 3. The SMILES string of the molecule is O=C(NCc1ccccc1)c1ccc2c(c1)CCN(CC(F)(F)F)CC2. The van der Waals surface area contributed by atoms with Crippen LogP contribution in [0.1, 0.15) is 27.0 Å². The van der Waals surface area contributed by atoms with Gasteiger partial charge in [0.05, 0.1) is 6.54 Å². The zero-order valence-electron chi connectivity index (χ0n) is 14.4. The van der Waals surface area contributed by atoms with E-state index in [1.807, 2.05) is 42.5 Å². The summed E-state index contributed by atoms with van der Waals surface area (Å²) in [6.07, 6.45) is -3.10. The maximum atomic E-state index is 12.6. The summed E-state index contributed by atoms with van der Waals surface area (Å²) in [5, 5.41) is 2.88. The molecule has 0 atom stereocenters. The van der Waals surface area contributed by atoms with Gasteiger partial charge in [-0.3, -0.25) is 9.69 Å². The molecule has 1 N–H and O–H groups in total. The summed E-state index contributed by atoms with van der Waals surface area (Å²) in [4.78, 5) is 13.8. The summed E-state index contributed by atoms with van der Waals surface area (Å²) in [6, 6.07) is 15.0.